The van der Waals surface area contributed by atoms with Crippen LogP contribution in [0.1, 0.15) is 44.0 Å². The van der Waals surface area contributed by atoms with Gasteiger partial charge in [0.25, 0.3) is 0 Å². The van der Waals surface area contributed by atoms with E-state index >= 15 is 0 Å². The molecule has 0 saturated carbocycles. The Morgan fingerprint density at radius 2 is 2.07 bits per heavy atom. The summed E-state index contributed by atoms with van der Waals surface area (Å²) in [6, 6.07) is 2.38. The molecule has 1 heterocycles. The molecule has 1 aromatic rings. The summed E-state index contributed by atoms with van der Waals surface area (Å²) < 4.78 is 1.77. The molecular weight excluding hydrogens is 176 g/mol. The first kappa shape index (κ1) is 10.6. The molecule has 1 aromatic heterocycles. The highest BCUT2D eigenvalue weighted by atomic mass is 15.3. The number of nitrogens with zero attached hydrogens (tertiary/aromatic N) is 3. The lowest BCUT2D eigenvalue weighted by Crippen LogP contribution is -2.11. The topological polar surface area (TPSA) is 67.6 Å². The van der Waals surface area contributed by atoms with Crippen molar-refractivity contribution >= 4 is 5.82 Å². The number of aryl methyl sites for hydroxylation is 1. The molecule has 0 saturated heterocycles. The molecule has 0 fully saturated rings. The van der Waals surface area contributed by atoms with Crippen LogP contribution in [-0.4, -0.2) is 9.78 Å². The second kappa shape index (κ2) is 4.14. The van der Waals surface area contributed by atoms with Gasteiger partial charge in [0, 0.05) is 0 Å². The first-order chi connectivity index (χ1) is 6.65. The summed E-state index contributed by atoms with van der Waals surface area (Å²) in [6.07, 6.45) is 1.96. The van der Waals surface area contributed by atoms with E-state index in [-0.39, 0.29) is 0 Å². The summed E-state index contributed by atoms with van der Waals surface area (Å²) >= 11 is 0. The maximum atomic E-state index is 8.86. The summed E-state index contributed by atoms with van der Waals surface area (Å²) in [6.45, 7) is 6.00. The van der Waals surface area contributed by atoms with Crippen LogP contribution >= 0.6 is 0 Å². The Morgan fingerprint density at radius 1 is 1.50 bits per heavy atom. The van der Waals surface area contributed by atoms with Crippen LogP contribution in [0.2, 0.25) is 0 Å². The molecule has 0 aliphatic heterocycles. The fourth-order valence-corrected chi connectivity index (χ4v) is 1.62. The Bertz CT molecular complexity index is 355. The van der Waals surface area contributed by atoms with Gasteiger partial charge in [-0.2, -0.15) is 10.4 Å². The fraction of sp³-hybridized carbons (Fsp3) is 0.600. The van der Waals surface area contributed by atoms with Gasteiger partial charge in [0.15, 0.2) is 0 Å². The van der Waals surface area contributed by atoms with Crippen molar-refractivity contribution in [2.24, 2.45) is 0 Å². The van der Waals surface area contributed by atoms with Crippen LogP contribution in [0.4, 0.5) is 5.82 Å². The molecule has 4 heteroatoms. The van der Waals surface area contributed by atoms with Crippen LogP contribution in [0.25, 0.3) is 0 Å². The first-order valence-corrected chi connectivity index (χ1v) is 4.90. The van der Waals surface area contributed by atoms with Crippen molar-refractivity contribution in [3.8, 4) is 6.07 Å². The predicted octanol–water partition coefficient (Wildman–Crippen LogP) is 2.01. The van der Waals surface area contributed by atoms with Gasteiger partial charge >= 0.3 is 0 Å². The van der Waals surface area contributed by atoms with E-state index in [0.29, 0.717) is 17.4 Å². The van der Waals surface area contributed by atoms with Crippen molar-refractivity contribution in [3.05, 3.63) is 11.3 Å². The quantitative estimate of drug-likeness (QED) is 0.796. The Hall–Kier alpha value is -1.50. The Balaban J connectivity index is 3.17. The van der Waals surface area contributed by atoms with Crippen LogP contribution in [0.15, 0.2) is 0 Å². The SMILES string of the molecule is CCC(CC)n1nc(C)c(C#N)c1N. The molecule has 1 rings (SSSR count). The van der Waals surface area contributed by atoms with Gasteiger partial charge in [-0.3, -0.25) is 0 Å². The van der Waals surface area contributed by atoms with Crippen LogP contribution in [-0.2, 0) is 0 Å². The molecule has 0 bridgehead atoms. The highest BCUT2D eigenvalue weighted by Gasteiger charge is 2.16. The van der Waals surface area contributed by atoms with Gasteiger partial charge in [0.05, 0.1) is 11.7 Å². The van der Waals surface area contributed by atoms with Gasteiger partial charge < -0.3 is 5.73 Å². The number of hydrogen-bond donors (Lipinski definition) is 1. The van der Waals surface area contributed by atoms with E-state index in [1.54, 1.807) is 4.68 Å². The average molecular weight is 192 g/mol. The number of anilines is 1. The molecule has 0 unspecified atom stereocenters. The van der Waals surface area contributed by atoms with Gasteiger partial charge in [-0.05, 0) is 19.8 Å². The van der Waals surface area contributed by atoms with Gasteiger partial charge in [-0.15, -0.1) is 0 Å². The second-order valence-electron chi connectivity index (χ2n) is 3.37. The largest absolute Gasteiger partial charge is 0.383 e. The Kier molecular flexibility index (Phi) is 3.13. The van der Waals surface area contributed by atoms with Crippen LogP contribution in [0.5, 0.6) is 0 Å². The molecule has 2 N–H and O–H groups in total. The number of aromatic nitrogens is 2. The van der Waals surface area contributed by atoms with Gasteiger partial charge in [-0.25, -0.2) is 4.68 Å². The molecule has 0 aliphatic carbocycles. The van der Waals surface area contributed by atoms with E-state index in [0.717, 1.165) is 18.5 Å². The zero-order valence-corrected chi connectivity index (χ0v) is 8.91. The zero-order valence-electron chi connectivity index (χ0n) is 8.91. The number of nitrogens with two attached hydrogens (primary N) is 1. The molecular formula is C10H16N4. The third-order valence-electron chi connectivity index (χ3n) is 2.52. The number of hydrogen-bond acceptors (Lipinski definition) is 3. The lowest BCUT2D eigenvalue weighted by atomic mass is 10.2. The molecule has 14 heavy (non-hydrogen) atoms. The summed E-state index contributed by atoms with van der Waals surface area (Å²) in [7, 11) is 0. The highest BCUT2D eigenvalue weighted by molar-refractivity contribution is 5.51. The number of nitriles is 1. The minimum Gasteiger partial charge on any atom is -0.383 e. The summed E-state index contributed by atoms with van der Waals surface area (Å²) in [5.41, 5.74) is 7.08. The highest BCUT2D eigenvalue weighted by Crippen LogP contribution is 2.23. The maximum absolute atomic E-state index is 8.86. The van der Waals surface area contributed by atoms with E-state index in [1.807, 2.05) is 6.92 Å². The average Bonchev–Trinajstić information content (AvgIpc) is 2.45. The fourth-order valence-electron chi connectivity index (χ4n) is 1.62. The molecule has 0 aliphatic rings. The minimum absolute atomic E-state index is 0.302. The van der Waals surface area contributed by atoms with Crippen molar-refractivity contribution in [1.82, 2.24) is 9.78 Å². The third kappa shape index (κ3) is 1.58. The van der Waals surface area contributed by atoms with Crippen LogP contribution < -0.4 is 5.73 Å². The van der Waals surface area contributed by atoms with E-state index < -0.39 is 0 Å². The number of rotatable bonds is 3. The predicted molar refractivity (Wildman–Crippen MR) is 55.7 cm³/mol. The molecule has 0 radical (unpaired) electrons. The molecule has 0 aromatic carbocycles. The lowest BCUT2D eigenvalue weighted by molar-refractivity contribution is 0.432. The summed E-state index contributed by atoms with van der Waals surface area (Å²) in [5, 5.41) is 13.1. The zero-order chi connectivity index (χ0) is 10.7. The van der Waals surface area contributed by atoms with Gasteiger partial charge in [0.1, 0.15) is 17.5 Å². The first-order valence-electron chi connectivity index (χ1n) is 4.90. The standard InChI is InChI=1S/C10H16N4/c1-4-8(5-2)14-10(12)9(6-11)7(3)13-14/h8H,4-5,12H2,1-3H3. The molecule has 0 spiro atoms. The van der Waals surface area contributed by atoms with E-state index in [4.69, 9.17) is 11.0 Å². The van der Waals surface area contributed by atoms with Crippen molar-refractivity contribution in [3.63, 3.8) is 0 Å². The lowest BCUT2D eigenvalue weighted by Gasteiger charge is -2.14. The summed E-state index contributed by atoms with van der Waals surface area (Å²) in [4.78, 5) is 0. The van der Waals surface area contributed by atoms with Crippen LogP contribution in [0.3, 0.4) is 0 Å². The second-order valence-corrected chi connectivity index (χ2v) is 3.37. The smallest absolute Gasteiger partial charge is 0.140 e. The van der Waals surface area contributed by atoms with E-state index in [1.165, 1.54) is 0 Å². The Labute approximate surface area is 84.3 Å². The third-order valence-corrected chi connectivity index (χ3v) is 2.52. The molecule has 0 amide bonds. The maximum Gasteiger partial charge on any atom is 0.140 e. The van der Waals surface area contributed by atoms with Crippen molar-refractivity contribution in [2.75, 3.05) is 5.73 Å². The van der Waals surface area contributed by atoms with Crippen molar-refractivity contribution in [2.45, 2.75) is 39.7 Å². The van der Waals surface area contributed by atoms with E-state index in [9.17, 15) is 0 Å². The Morgan fingerprint density at radius 3 is 2.43 bits per heavy atom. The molecule has 76 valence electrons. The molecule has 0 atom stereocenters. The van der Waals surface area contributed by atoms with E-state index in [2.05, 4.69) is 25.0 Å². The van der Waals surface area contributed by atoms with Crippen LogP contribution in [0, 0.1) is 18.3 Å². The van der Waals surface area contributed by atoms with Crippen molar-refractivity contribution < 1.29 is 0 Å². The van der Waals surface area contributed by atoms with Crippen molar-refractivity contribution in [1.29, 1.82) is 5.26 Å². The molecule has 4 nitrogen and oxygen atoms in total. The van der Waals surface area contributed by atoms with Gasteiger partial charge in [-0.1, -0.05) is 13.8 Å². The minimum atomic E-state index is 0.302. The monoisotopic (exact) mass is 192 g/mol. The summed E-state index contributed by atoms with van der Waals surface area (Å²) in [5.74, 6) is 0.499. The number of nitrogen functional groups attached to an aromatic ring is 1. The normalized spacial score (nSPS) is 10.5. The van der Waals surface area contributed by atoms with Gasteiger partial charge in [0.2, 0.25) is 0 Å².